The van der Waals surface area contributed by atoms with Crippen molar-refractivity contribution in [2.75, 3.05) is 20.3 Å². The van der Waals surface area contributed by atoms with E-state index in [0.29, 0.717) is 6.61 Å². The van der Waals surface area contributed by atoms with E-state index in [9.17, 15) is 4.79 Å². The van der Waals surface area contributed by atoms with Crippen molar-refractivity contribution < 1.29 is 9.53 Å². The molecule has 0 spiro atoms. The standard InChI is InChI=1S/C10H18BrNO2/c1-10(2,7-14-3)12-6-4-5-8(11)9(12)13/h8H,4-7H2,1-3H3. The van der Waals surface area contributed by atoms with Gasteiger partial charge in [0, 0.05) is 13.7 Å². The van der Waals surface area contributed by atoms with Crippen LogP contribution in [0.3, 0.4) is 0 Å². The second-order valence-corrected chi connectivity index (χ2v) is 5.45. The highest BCUT2D eigenvalue weighted by Crippen LogP contribution is 2.25. The van der Waals surface area contributed by atoms with Crippen LogP contribution in [0.2, 0.25) is 0 Å². The maximum absolute atomic E-state index is 11.9. The predicted molar refractivity (Wildman–Crippen MR) is 59.6 cm³/mol. The van der Waals surface area contributed by atoms with Crippen molar-refractivity contribution in [2.45, 2.75) is 37.1 Å². The van der Waals surface area contributed by atoms with E-state index in [1.165, 1.54) is 0 Å². The van der Waals surface area contributed by atoms with Gasteiger partial charge in [-0.25, -0.2) is 0 Å². The number of likely N-dealkylation sites (tertiary alicyclic amines) is 1. The maximum Gasteiger partial charge on any atom is 0.236 e. The average molecular weight is 264 g/mol. The van der Waals surface area contributed by atoms with Crippen molar-refractivity contribution in [1.29, 1.82) is 0 Å². The molecular formula is C10H18BrNO2. The molecule has 1 saturated heterocycles. The number of amides is 1. The van der Waals surface area contributed by atoms with E-state index in [0.717, 1.165) is 19.4 Å². The number of methoxy groups -OCH3 is 1. The number of hydrogen-bond donors (Lipinski definition) is 0. The second-order valence-electron chi connectivity index (χ2n) is 4.35. The largest absolute Gasteiger partial charge is 0.382 e. The second kappa shape index (κ2) is 4.62. The van der Waals surface area contributed by atoms with E-state index >= 15 is 0 Å². The van der Waals surface area contributed by atoms with Crippen LogP contribution < -0.4 is 0 Å². The fourth-order valence-electron chi connectivity index (χ4n) is 1.86. The Morgan fingerprint density at radius 2 is 2.29 bits per heavy atom. The van der Waals surface area contributed by atoms with Crippen LogP contribution in [0.4, 0.5) is 0 Å². The zero-order chi connectivity index (χ0) is 10.8. The number of nitrogens with zero attached hydrogens (tertiary/aromatic N) is 1. The van der Waals surface area contributed by atoms with E-state index in [-0.39, 0.29) is 16.3 Å². The van der Waals surface area contributed by atoms with Crippen molar-refractivity contribution in [3.8, 4) is 0 Å². The lowest BCUT2D eigenvalue weighted by Gasteiger charge is -2.41. The van der Waals surface area contributed by atoms with Crippen molar-refractivity contribution in [3.05, 3.63) is 0 Å². The van der Waals surface area contributed by atoms with Gasteiger partial charge in [0.05, 0.1) is 17.0 Å². The van der Waals surface area contributed by atoms with E-state index in [1.807, 2.05) is 18.7 Å². The summed E-state index contributed by atoms with van der Waals surface area (Å²) in [5.41, 5.74) is -0.196. The third-order valence-electron chi connectivity index (χ3n) is 2.60. The van der Waals surface area contributed by atoms with Gasteiger partial charge in [-0.1, -0.05) is 15.9 Å². The predicted octanol–water partition coefficient (Wildman–Crippen LogP) is 1.80. The van der Waals surface area contributed by atoms with Gasteiger partial charge in [0.25, 0.3) is 0 Å². The maximum atomic E-state index is 11.9. The highest BCUT2D eigenvalue weighted by Gasteiger charge is 2.36. The normalized spacial score (nSPS) is 24.1. The lowest BCUT2D eigenvalue weighted by molar-refractivity contribution is -0.140. The molecule has 1 fully saturated rings. The minimum absolute atomic E-state index is 0.00705. The first kappa shape index (κ1) is 12.0. The fourth-order valence-corrected chi connectivity index (χ4v) is 2.43. The molecule has 1 unspecified atom stereocenters. The molecule has 0 aromatic heterocycles. The molecule has 0 aliphatic carbocycles. The minimum atomic E-state index is -0.196. The summed E-state index contributed by atoms with van der Waals surface area (Å²) in [4.78, 5) is 13.8. The van der Waals surface area contributed by atoms with E-state index in [1.54, 1.807) is 7.11 Å². The number of piperidine rings is 1. The van der Waals surface area contributed by atoms with Crippen LogP contribution in [0.5, 0.6) is 0 Å². The molecule has 1 amide bonds. The molecule has 0 aromatic carbocycles. The molecule has 0 saturated carbocycles. The van der Waals surface area contributed by atoms with E-state index in [2.05, 4.69) is 15.9 Å². The number of rotatable bonds is 3. The van der Waals surface area contributed by atoms with Gasteiger partial charge in [0.2, 0.25) is 5.91 Å². The third kappa shape index (κ3) is 2.48. The SMILES string of the molecule is COCC(C)(C)N1CCCC(Br)C1=O. The van der Waals surface area contributed by atoms with Crippen molar-refractivity contribution >= 4 is 21.8 Å². The Labute approximate surface area is 93.9 Å². The Balaban J connectivity index is 2.70. The third-order valence-corrected chi connectivity index (χ3v) is 3.45. The van der Waals surface area contributed by atoms with Crippen LogP contribution in [0.1, 0.15) is 26.7 Å². The quantitative estimate of drug-likeness (QED) is 0.727. The van der Waals surface area contributed by atoms with Crippen LogP contribution in [0, 0.1) is 0 Å². The smallest absolute Gasteiger partial charge is 0.236 e. The number of carbonyl (C=O) groups excluding carboxylic acids is 1. The van der Waals surface area contributed by atoms with Gasteiger partial charge in [-0.15, -0.1) is 0 Å². The van der Waals surface area contributed by atoms with Crippen LogP contribution in [-0.2, 0) is 9.53 Å². The number of alkyl halides is 1. The van der Waals surface area contributed by atoms with Crippen molar-refractivity contribution in [3.63, 3.8) is 0 Å². The Kier molecular flexibility index (Phi) is 3.95. The van der Waals surface area contributed by atoms with Gasteiger partial charge in [-0.3, -0.25) is 4.79 Å². The molecule has 82 valence electrons. The Bertz CT molecular complexity index is 218. The van der Waals surface area contributed by atoms with Crippen molar-refractivity contribution in [2.24, 2.45) is 0 Å². The monoisotopic (exact) mass is 263 g/mol. The van der Waals surface area contributed by atoms with Gasteiger partial charge in [0.1, 0.15) is 0 Å². The van der Waals surface area contributed by atoms with E-state index < -0.39 is 0 Å². The van der Waals surface area contributed by atoms with Gasteiger partial charge in [-0.2, -0.15) is 0 Å². The summed E-state index contributed by atoms with van der Waals surface area (Å²) in [6.07, 6.45) is 2.01. The van der Waals surface area contributed by atoms with Gasteiger partial charge in [0.15, 0.2) is 0 Å². The molecular weight excluding hydrogens is 246 g/mol. The highest BCUT2D eigenvalue weighted by molar-refractivity contribution is 9.10. The van der Waals surface area contributed by atoms with Gasteiger partial charge >= 0.3 is 0 Å². The highest BCUT2D eigenvalue weighted by atomic mass is 79.9. The van der Waals surface area contributed by atoms with Gasteiger partial charge in [-0.05, 0) is 26.7 Å². The first-order valence-corrected chi connectivity index (χ1v) is 5.85. The summed E-state index contributed by atoms with van der Waals surface area (Å²) >= 11 is 3.41. The summed E-state index contributed by atoms with van der Waals surface area (Å²) in [7, 11) is 1.67. The Morgan fingerprint density at radius 3 is 2.86 bits per heavy atom. The molecule has 14 heavy (non-hydrogen) atoms. The lowest BCUT2D eigenvalue weighted by atomic mass is 9.99. The summed E-state index contributed by atoms with van der Waals surface area (Å²) in [5.74, 6) is 0.193. The molecule has 1 aliphatic rings. The molecule has 0 bridgehead atoms. The molecule has 4 heteroatoms. The molecule has 1 heterocycles. The average Bonchev–Trinajstić information content (AvgIpc) is 2.09. The lowest BCUT2D eigenvalue weighted by Crippen LogP contribution is -2.55. The van der Waals surface area contributed by atoms with Crippen LogP contribution in [0.25, 0.3) is 0 Å². The van der Waals surface area contributed by atoms with E-state index in [4.69, 9.17) is 4.74 Å². The Hall–Kier alpha value is -0.0900. The summed E-state index contributed by atoms with van der Waals surface area (Å²) in [5, 5.41) is 0. The Morgan fingerprint density at radius 1 is 1.64 bits per heavy atom. The number of ether oxygens (including phenoxy) is 1. The van der Waals surface area contributed by atoms with Crippen molar-refractivity contribution in [1.82, 2.24) is 4.90 Å². The molecule has 3 nitrogen and oxygen atoms in total. The molecule has 1 rings (SSSR count). The zero-order valence-corrected chi connectivity index (χ0v) is 10.6. The molecule has 0 radical (unpaired) electrons. The molecule has 0 aromatic rings. The number of carbonyl (C=O) groups is 1. The summed E-state index contributed by atoms with van der Waals surface area (Å²) < 4.78 is 5.13. The van der Waals surface area contributed by atoms with Crippen LogP contribution >= 0.6 is 15.9 Å². The molecule has 0 N–H and O–H groups in total. The van der Waals surface area contributed by atoms with Gasteiger partial charge < -0.3 is 9.64 Å². The first-order chi connectivity index (χ1) is 6.49. The van der Waals surface area contributed by atoms with Crippen LogP contribution in [-0.4, -0.2) is 41.4 Å². The zero-order valence-electron chi connectivity index (χ0n) is 9.05. The summed E-state index contributed by atoms with van der Waals surface area (Å²) in [6, 6.07) is 0. The first-order valence-electron chi connectivity index (χ1n) is 4.93. The minimum Gasteiger partial charge on any atom is -0.382 e. The fraction of sp³-hybridized carbons (Fsp3) is 0.900. The summed E-state index contributed by atoms with van der Waals surface area (Å²) in [6.45, 7) is 5.51. The number of halogens is 1. The molecule has 1 aliphatic heterocycles. The molecule has 1 atom stereocenters. The number of hydrogen-bond acceptors (Lipinski definition) is 2. The van der Waals surface area contributed by atoms with Crippen LogP contribution in [0.15, 0.2) is 0 Å². The topological polar surface area (TPSA) is 29.5 Å².